The van der Waals surface area contributed by atoms with Gasteiger partial charge in [0, 0.05) is 33.4 Å². The molecule has 0 radical (unpaired) electrons. The van der Waals surface area contributed by atoms with E-state index in [0.29, 0.717) is 17.4 Å². The Labute approximate surface area is 164 Å². The summed E-state index contributed by atoms with van der Waals surface area (Å²) in [6, 6.07) is 6.88. The molecule has 8 heteroatoms. The zero-order valence-corrected chi connectivity index (χ0v) is 16.6. The molecule has 0 aromatic heterocycles. The second-order valence-electron chi connectivity index (χ2n) is 7.05. The standard InChI is InChI=1S/C20H27N3O5/c1-20(18(25)21-2,19(26)22-27)23(3)17(24)14-8-5-13(6-9-14)7-10-15-11-16(15)12-28-4/h5-10,15-16,27H,11-12H2,1-4H3,(H,21,25)(H,22,26)/b10-7+/t15?,16?,20-/m0/s1. The predicted molar refractivity (Wildman–Crippen MR) is 103 cm³/mol. The third-order valence-electron chi connectivity index (χ3n) is 5.24. The number of nitrogens with one attached hydrogen (secondary N) is 2. The molecule has 152 valence electrons. The molecule has 3 N–H and O–H groups in total. The third-order valence-corrected chi connectivity index (χ3v) is 5.24. The van der Waals surface area contributed by atoms with Crippen LogP contribution in [0.1, 0.15) is 29.3 Å². The van der Waals surface area contributed by atoms with Gasteiger partial charge in [0.15, 0.2) is 5.54 Å². The number of methoxy groups -OCH3 is 1. The fourth-order valence-corrected chi connectivity index (χ4v) is 3.04. The molecule has 28 heavy (non-hydrogen) atoms. The molecule has 0 spiro atoms. The minimum absolute atomic E-state index is 0.323. The lowest BCUT2D eigenvalue weighted by molar-refractivity contribution is -0.148. The fourth-order valence-electron chi connectivity index (χ4n) is 3.04. The van der Waals surface area contributed by atoms with E-state index in [0.717, 1.165) is 23.5 Å². The summed E-state index contributed by atoms with van der Waals surface area (Å²) in [5.74, 6) is -1.14. The summed E-state index contributed by atoms with van der Waals surface area (Å²) in [6.07, 6.45) is 5.27. The number of hydrogen-bond acceptors (Lipinski definition) is 5. The number of rotatable bonds is 8. The van der Waals surface area contributed by atoms with Gasteiger partial charge < -0.3 is 15.0 Å². The maximum absolute atomic E-state index is 12.8. The number of amides is 3. The lowest BCUT2D eigenvalue weighted by Crippen LogP contribution is -2.64. The first-order valence-electron chi connectivity index (χ1n) is 9.01. The van der Waals surface area contributed by atoms with Gasteiger partial charge in [-0.1, -0.05) is 24.3 Å². The number of nitrogens with zero attached hydrogens (tertiary/aromatic N) is 1. The van der Waals surface area contributed by atoms with Gasteiger partial charge in [0.1, 0.15) is 0 Å². The maximum Gasteiger partial charge on any atom is 0.278 e. The molecular weight excluding hydrogens is 362 g/mol. The van der Waals surface area contributed by atoms with Crippen molar-refractivity contribution in [3.63, 3.8) is 0 Å². The van der Waals surface area contributed by atoms with Crippen molar-refractivity contribution < 1.29 is 24.3 Å². The lowest BCUT2D eigenvalue weighted by atomic mass is 9.96. The molecule has 2 unspecified atom stereocenters. The van der Waals surface area contributed by atoms with Crippen LogP contribution in [0.5, 0.6) is 0 Å². The normalized spacial score (nSPS) is 20.3. The van der Waals surface area contributed by atoms with Crippen LogP contribution in [-0.4, -0.2) is 61.2 Å². The van der Waals surface area contributed by atoms with Crippen molar-refractivity contribution in [1.82, 2.24) is 15.7 Å². The molecule has 1 aliphatic rings. The van der Waals surface area contributed by atoms with Crippen LogP contribution in [0.2, 0.25) is 0 Å². The van der Waals surface area contributed by atoms with Gasteiger partial charge in [-0.05, 0) is 42.9 Å². The summed E-state index contributed by atoms with van der Waals surface area (Å²) in [7, 11) is 4.39. The van der Waals surface area contributed by atoms with Crippen LogP contribution in [0, 0.1) is 11.8 Å². The SMILES string of the molecule is CNC(=O)[C@@](C)(C(=O)NO)N(C)C(=O)c1ccc(/C=C/C2CC2COC)cc1. The highest BCUT2D eigenvalue weighted by Gasteiger charge is 2.47. The molecule has 1 aromatic rings. The van der Waals surface area contributed by atoms with Crippen LogP contribution in [0.25, 0.3) is 6.08 Å². The van der Waals surface area contributed by atoms with E-state index < -0.39 is 23.3 Å². The van der Waals surface area contributed by atoms with Gasteiger partial charge in [-0.2, -0.15) is 0 Å². The van der Waals surface area contributed by atoms with E-state index in [1.165, 1.54) is 26.5 Å². The van der Waals surface area contributed by atoms with Crippen LogP contribution in [0.15, 0.2) is 30.3 Å². The maximum atomic E-state index is 12.8. The van der Waals surface area contributed by atoms with Gasteiger partial charge in [-0.15, -0.1) is 0 Å². The minimum Gasteiger partial charge on any atom is -0.384 e. The molecule has 1 aromatic carbocycles. The molecule has 2 rings (SSSR count). The van der Waals surface area contributed by atoms with Crippen molar-refractivity contribution in [2.75, 3.05) is 27.8 Å². The topological polar surface area (TPSA) is 108 Å². The molecule has 8 nitrogen and oxygen atoms in total. The highest BCUT2D eigenvalue weighted by atomic mass is 16.5. The first-order chi connectivity index (χ1) is 13.3. The molecule has 1 saturated carbocycles. The Hall–Kier alpha value is -2.71. The van der Waals surface area contributed by atoms with E-state index in [2.05, 4.69) is 11.4 Å². The van der Waals surface area contributed by atoms with E-state index in [1.807, 2.05) is 6.08 Å². The summed E-state index contributed by atoms with van der Waals surface area (Å²) in [6.45, 7) is 2.03. The zero-order chi connectivity index (χ0) is 20.9. The molecule has 1 aliphatic carbocycles. The molecule has 0 heterocycles. The average Bonchev–Trinajstić information content (AvgIpc) is 3.47. The average molecular weight is 389 g/mol. The van der Waals surface area contributed by atoms with E-state index in [1.54, 1.807) is 31.4 Å². The second kappa shape index (κ2) is 8.99. The predicted octanol–water partition coefficient (Wildman–Crippen LogP) is 1.06. The Balaban J connectivity index is 2.11. The Morgan fingerprint density at radius 2 is 1.93 bits per heavy atom. The van der Waals surface area contributed by atoms with Crippen molar-refractivity contribution in [2.45, 2.75) is 18.9 Å². The van der Waals surface area contributed by atoms with Crippen molar-refractivity contribution in [3.8, 4) is 0 Å². The Morgan fingerprint density at radius 1 is 1.29 bits per heavy atom. The van der Waals surface area contributed by atoms with Crippen molar-refractivity contribution in [3.05, 3.63) is 41.5 Å². The molecule has 0 saturated heterocycles. The number of hydrogen-bond donors (Lipinski definition) is 3. The number of carbonyl (C=O) groups is 3. The van der Waals surface area contributed by atoms with Crippen LogP contribution in [0.3, 0.4) is 0 Å². The van der Waals surface area contributed by atoms with Crippen molar-refractivity contribution in [2.24, 2.45) is 11.8 Å². The monoisotopic (exact) mass is 389 g/mol. The molecular formula is C20H27N3O5. The summed E-state index contributed by atoms with van der Waals surface area (Å²) in [5, 5.41) is 11.3. The largest absolute Gasteiger partial charge is 0.384 e. The van der Waals surface area contributed by atoms with Crippen molar-refractivity contribution in [1.29, 1.82) is 0 Å². The quantitative estimate of drug-likeness (QED) is 0.350. The third kappa shape index (κ3) is 4.40. The summed E-state index contributed by atoms with van der Waals surface area (Å²) < 4.78 is 5.14. The Kier molecular flexibility index (Phi) is 6.93. The number of carbonyl (C=O) groups excluding carboxylic acids is 3. The Bertz CT molecular complexity index is 744. The summed E-state index contributed by atoms with van der Waals surface area (Å²) >= 11 is 0. The first kappa shape index (κ1) is 21.6. The highest BCUT2D eigenvalue weighted by Crippen LogP contribution is 2.40. The van der Waals surface area contributed by atoms with Crippen LogP contribution in [-0.2, 0) is 14.3 Å². The van der Waals surface area contributed by atoms with E-state index in [4.69, 9.17) is 9.94 Å². The highest BCUT2D eigenvalue weighted by molar-refractivity contribution is 6.12. The van der Waals surface area contributed by atoms with Crippen LogP contribution >= 0.6 is 0 Å². The first-order valence-corrected chi connectivity index (χ1v) is 9.01. The Morgan fingerprint density at radius 3 is 2.46 bits per heavy atom. The molecule has 0 aliphatic heterocycles. The number of allylic oxidation sites excluding steroid dienone is 1. The van der Waals surface area contributed by atoms with E-state index in [-0.39, 0.29) is 0 Å². The molecule has 1 fully saturated rings. The van der Waals surface area contributed by atoms with Crippen LogP contribution < -0.4 is 10.8 Å². The van der Waals surface area contributed by atoms with Crippen LogP contribution in [0.4, 0.5) is 0 Å². The summed E-state index contributed by atoms with van der Waals surface area (Å²) in [4.78, 5) is 38.0. The van der Waals surface area contributed by atoms with Gasteiger partial charge in [0.2, 0.25) is 0 Å². The molecule has 3 amide bonds. The zero-order valence-electron chi connectivity index (χ0n) is 16.6. The molecule has 3 atom stereocenters. The van der Waals surface area contributed by atoms with Gasteiger partial charge in [0.25, 0.3) is 17.7 Å². The smallest absolute Gasteiger partial charge is 0.278 e. The second-order valence-corrected chi connectivity index (χ2v) is 7.05. The van der Waals surface area contributed by atoms with E-state index >= 15 is 0 Å². The van der Waals surface area contributed by atoms with Gasteiger partial charge in [-0.25, -0.2) is 5.48 Å². The summed E-state index contributed by atoms with van der Waals surface area (Å²) in [5.41, 5.74) is 0.822. The number of likely N-dealkylation sites (N-methyl/N-ethyl adjacent to an activating group) is 2. The van der Waals surface area contributed by atoms with Gasteiger partial charge >= 0.3 is 0 Å². The fraction of sp³-hybridized carbons (Fsp3) is 0.450. The minimum atomic E-state index is -1.90. The van der Waals surface area contributed by atoms with Gasteiger partial charge in [-0.3, -0.25) is 19.6 Å². The van der Waals surface area contributed by atoms with E-state index in [9.17, 15) is 14.4 Å². The number of benzene rings is 1. The lowest BCUT2D eigenvalue weighted by Gasteiger charge is -2.34. The number of hydroxylamine groups is 1. The van der Waals surface area contributed by atoms with Crippen molar-refractivity contribution >= 4 is 23.8 Å². The molecule has 0 bridgehead atoms. The number of ether oxygens (including phenoxy) is 1. The van der Waals surface area contributed by atoms with Gasteiger partial charge in [0.05, 0.1) is 0 Å².